The number of hydrogen-bond acceptors (Lipinski definition) is 10. The van der Waals surface area contributed by atoms with E-state index in [1.807, 2.05) is 56.3 Å². The number of carbonyl (C=O) groups is 2. The molecule has 4 atom stereocenters. The number of carbonyl (C=O) groups excluding carboxylic acids is 2. The molecule has 15 nitrogen and oxygen atoms in total. The van der Waals surface area contributed by atoms with Crippen LogP contribution < -0.4 is 20.7 Å². The number of aromatic nitrogens is 3. The average Bonchev–Trinajstić information content (AvgIpc) is 4.01. The Morgan fingerprint density at radius 1 is 1.05 bits per heavy atom. The third-order valence-corrected chi connectivity index (χ3v) is 13.0. The first kappa shape index (κ1) is 35.7. The van der Waals surface area contributed by atoms with Crippen LogP contribution in [0.4, 0.5) is 5.69 Å². The lowest BCUT2D eigenvalue weighted by Crippen LogP contribution is -2.55. The molecule has 0 saturated heterocycles. The molecule has 2 amide bonds. The number of nitrogens with one attached hydrogen (secondary N) is 3. The van der Waals surface area contributed by atoms with Gasteiger partial charge in [-0.3, -0.25) is 13.9 Å². The van der Waals surface area contributed by atoms with E-state index in [9.17, 15) is 29.0 Å². The molecular weight excluding hydrogens is 751 g/mol. The summed E-state index contributed by atoms with van der Waals surface area (Å²) in [5.74, 6) is 0.0506. The average molecular weight is 791 g/mol. The maximum absolute atomic E-state index is 14.3. The molecular formula is C41H39N6O9P. The predicted molar refractivity (Wildman–Crippen MR) is 207 cm³/mol. The van der Waals surface area contributed by atoms with Crippen LogP contribution in [0, 0.1) is 5.92 Å². The highest BCUT2D eigenvalue weighted by atomic mass is 31.2. The maximum atomic E-state index is 14.3. The van der Waals surface area contributed by atoms with Gasteiger partial charge in [0.2, 0.25) is 17.7 Å². The van der Waals surface area contributed by atoms with Crippen molar-refractivity contribution in [2.24, 2.45) is 5.92 Å². The molecule has 0 saturated carbocycles. The van der Waals surface area contributed by atoms with Crippen molar-refractivity contribution in [3.8, 4) is 39.8 Å². The molecule has 0 aliphatic carbocycles. The molecule has 6 N–H and O–H groups in total. The van der Waals surface area contributed by atoms with E-state index < -0.39 is 48.9 Å². The van der Waals surface area contributed by atoms with Crippen molar-refractivity contribution >= 4 is 36.2 Å². The number of para-hydroxylation sites is 1. The number of rotatable bonds is 6. The molecule has 2 unspecified atom stereocenters. The maximum Gasteiger partial charge on any atom is 0.434 e. The van der Waals surface area contributed by atoms with Crippen LogP contribution in [-0.2, 0) is 26.0 Å². The molecule has 16 heteroatoms. The van der Waals surface area contributed by atoms with Gasteiger partial charge >= 0.3 is 7.75 Å². The highest BCUT2D eigenvalue weighted by molar-refractivity contribution is 7.50. The molecule has 10 bridgehead atoms. The van der Waals surface area contributed by atoms with E-state index in [-0.39, 0.29) is 48.4 Å². The molecule has 3 aromatic heterocycles. The molecule has 3 aromatic carbocycles. The molecule has 1 spiro atoms. The van der Waals surface area contributed by atoms with Crippen molar-refractivity contribution < 1.29 is 42.6 Å². The van der Waals surface area contributed by atoms with Crippen molar-refractivity contribution in [2.75, 3.05) is 5.32 Å². The topological polar surface area (TPSA) is 214 Å². The van der Waals surface area contributed by atoms with Crippen molar-refractivity contribution in [2.45, 2.75) is 76.3 Å². The Morgan fingerprint density at radius 3 is 2.58 bits per heavy atom. The van der Waals surface area contributed by atoms with Gasteiger partial charge in [-0.25, -0.2) is 14.5 Å². The number of ether oxygens (including phenoxy) is 1. The first-order chi connectivity index (χ1) is 27.3. The molecule has 4 aliphatic heterocycles. The van der Waals surface area contributed by atoms with Gasteiger partial charge in [-0.1, -0.05) is 70.2 Å². The smallest absolute Gasteiger partial charge is 0.434 e. The minimum Gasteiger partial charge on any atom is -0.469 e. The van der Waals surface area contributed by atoms with Crippen LogP contribution in [0.2, 0.25) is 0 Å². The van der Waals surface area contributed by atoms with Gasteiger partial charge in [-0.2, -0.15) is 0 Å². The van der Waals surface area contributed by atoms with Crippen LogP contribution in [0.5, 0.6) is 5.75 Å². The third-order valence-electron chi connectivity index (χ3n) is 12.1. The molecule has 6 aromatic rings. The van der Waals surface area contributed by atoms with Gasteiger partial charge in [0.25, 0.3) is 5.91 Å². The van der Waals surface area contributed by atoms with Crippen LogP contribution in [0.25, 0.3) is 44.9 Å². The molecule has 57 heavy (non-hydrogen) atoms. The first-order valence-electron chi connectivity index (χ1n) is 19.0. The van der Waals surface area contributed by atoms with Crippen LogP contribution in [0.1, 0.15) is 74.9 Å². The summed E-state index contributed by atoms with van der Waals surface area (Å²) < 4.78 is 34.1. The Bertz CT molecular complexity index is 2740. The zero-order valence-corrected chi connectivity index (χ0v) is 32.3. The number of benzene rings is 3. The molecule has 7 heterocycles. The fraction of sp³-hybridized carbons (Fsp3) is 0.317. The van der Waals surface area contributed by atoms with E-state index in [4.69, 9.17) is 23.5 Å². The number of anilines is 1. The minimum absolute atomic E-state index is 0.0831. The Hall–Kier alpha value is -5.73. The van der Waals surface area contributed by atoms with Crippen molar-refractivity contribution in [1.82, 2.24) is 24.9 Å². The summed E-state index contributed by atoms with van der Waals surface area (Å²) in [5.41, 5.74) is 2.49. The Morgan fingerprint density at radius 2 is 1.82 bits per heavy atom. The highest BCUT2D eigenvalue weighted by Gasteiger charge is 2.61. The minimum atomic E-state index is -4.82. The number of nitrogens with zero attached hydrogens (tertiary/aromatic N) is 3. The quantitative estimate of drug-likeness (QED) is 0.111. The van der Waals surface area contributed by atoms with Crippen LogP contribution in [0.3, 0.4) is 0 Å². The molecule has 10 rings (SSSR count). The van der Waals surface area contributed by atoms with E-state index in [0.717, 1.165) is 32.3 Å². The zero-order valence-electron chi connectivity index (χ0n) is 31.4. The summed E-state index contributed by atoms with van der Waals surface area (Å²) in [4.78, 5) is 58.6. The van der Waals surface area contributed by atoms with Crippen LogP contribution in [0.15, 0.2) is 75.8 Å². The first-order valence-corrected chi connectivity index (χ1v) is 20.6. The van der Waals surface area contributed by atoms with Gasteiger partial charge in [-0.05, 0) is 42.0 Å². The van der Waals surface area contributed by atoms with Crippen LogP contribution in [-0.4, -0.2) is 58.9 Å². The normalized spacial score (nSPS) is 21.6. The number of oxazole rings is 2. The van der Waals surface area contributed by atoms with Gasteiger partial charge in [0.05, 0.1) is 11.7 Å². The molecule has 0 radical (unpaired) electrons. The third kappa shape index (κ3) is 4.92. The van der Waals surface area contributed by atoms with E-state index in [2.05, 4.69) is 16.0 Å². The summed E-state index contributed by atoms with van der Waals surface area (Å²) in [7, 11) is -4.82. The van der Waals surface area contributed by atoms with Gasteiger partial charge in [0.15, 0.2) is 23.4 Å². The highest BCUT2D eigenvalue weighted by Crippen LogP contribution is 2.62. The van der Waals surface area contributed by atoms with E-state index in [1.54, 1.807) is 26.0 Å². The second-order valence-electron chi connectivity index (χ2n) is 15.6. The van der Waals surface area contributed by atoms with Crippen molar-refractivity contribution in [3.63, 3.8) is 0 Å². The van der Waals surface area contributed by atoms with Gasteiger partial charge in [0.1, 0.15) is 28.8 Å². The molecule has 292 valence electrons. The fourth-order valence-corrected chi connectivity index (χ4v) is 9.73. The van der Waals surface area contributed by atoms with E-state index >= 15 is 0 Å². The second-order valence-corrected chi connectivity index (χ2v) is 17.0. The van der Waals surface area contributed by atoms with Gasteiger partial charge in [-0.15, -0.1) is 0 Å². The molecule has 0 fully saturated rings. The van der Waals surface area contributed by atoms with E-state index in [0.29, 0.717) is 33.5 Å². The zero-order chi connectivity index (χ0) is 39.8. The number of hydrogen-bond donors (Lipinski definition) is 6. The van der Waals surface area contributed by atoms with Crippen molar-refractivity contribution in [3.05, 3.63) is 95.3 Å². The summed E-state index contributed by atoms with van der Waals surface area (Å²) in [6, 6.07) is 15.0. The molecule has 4 aliphatic rings. The fourth-order valence-electron chi connectivity index (χ4n) is 9.01. The number of amides is 2. The largest absolute Gasteiger partial charge is 0.469 e. The lowest BCUT2D eigenvalue weighted by atomic mass is 9.72. The Balaban J connectivity index is 1.28. The van der Waals surface area contributed by atoms with Crippen molar-refractivity contribution in [1.29, 1.82) is 0 Å². The standard InChI is InChI=1S/C41H39N6O9P/c1-5-40(50,6-2)38(49)43-26-16-20-13-14-28-25(15-20)41-24-11-7-10-22(32(24)46-39(41)55-28)21-9-8-12-27-30(21)23(18-47(27)57(51,52)53)29-17-42-36(54-29)33-34(41)56-37(45-33)31(19(3)4)44-35(26)48/h7-15,17-19,26,31,39,46,50H,5-6,16H2,1-4H3,(H,43,49)(H,44,48)(H2,51,52,53)/t26?,31-,39?,41-/m0/s1. The Labute approximate surface area is 325 Å². The number of aliphatic hydroxyl groups is 1. The monoisotopic (exact) mass is 790 g/mol. The summed E-state index contributed by atoms with van der Waals surface area (Å²) >= 11 is 0. The van der Waals surface area contributed by atoms with Gasteiger partial charge in [0, 0.05) is 45.9 Å². The SMILES string of the molecule is CCC(O)(CC)C(=O)NC1Cc2ccc3c(c2)[C@]24c5cccc(c5NC2O3)-c2cccc3c2c(cn3P(=O)(O)O)-c2cnc(o2)-c2nc(oc24)[C@H](C(C)C)NC1=O. The summed E-state index contributed by atoms with van der Waals surface area (Å²) in [6.07, 6.45) is 2.54. The lowest BCUT2D eigenvalue weighted by Gasteiger charge is -2.30. The summed E-state index contributed by atoms with van der Waals surface area (Å²) in [5, 5.41) is 21.3. The Kier molecular flexibility index (Phi) is 7.60. The number of fused-ring (bicyclic) bond motifs is 7. The summed E-state index contributed by atoms with van der Waals surface area (Å²) in [6.45, 7) is 7.28. The van der Waals surface area contributed by atoms with E-state index in [1.165, 1.54) is 12.4 Å². The van der Waals surface area contributed by atoms with Crippen LogP contribution >= 0.6 is 7.75 Å². The lowest BCUT2D eigenvalue weighted by molar-refractivity contribution is -0.143. The van der Waals surface area contributed by atoms with Gasteiger partial charge < -0.3 is 44.4 Å². The predicted octanol–water partition coefficient (Wildman–Crippen LogP) is 5.76. The second kappa shape index (κ2) is 12.1.